The van der Waals surface area contributed by atoms with Crippen molar-refractivity contribution < 1.29 is 14.3 Å². The van der Waals surface area contributed by atoms with Crippen LogP contribution >= 0.6 is 11.8 Å². The van der Waals surface area contributed by atoms with Gasteiger partial charge in [-0.15, -0.1) is 11.8 Å². The van der Waals surface area contributed by atoms with Gasteiger partial charge in [-0.1, -0.05) is 0 Å². The second-order valence-electron chi connectivity index (χ2n) is 4.94. The lowest BCUT2D eigenvalue weighted by molar-refractivity contribution is -0.115. The Hall–Kier alpha value is -2.41. The van der Waals surface area contributed by atoms with Gasteiger partial charge in [0, 0.05) is 23.6 Å². The average Bonchev–Trinajstić information content (AvgIpc) is 2.56. The molecule has 0 fully saturated rings. The highest BCUT2D eigenvalue weighted by atomic mass is 32.2. The minimum Gasteiger partial charge on any atom is -0.462 e. The van der Waals surface area contributed by atoms with Gasteiger partial charge in [0.1, 0.15) is 6.33 Å². The van der Waals surface area contributed by atoms with E-state index in [0.717, 1.165) is 10.7 Å². The molecular weight excluding hydrogens is 326 g/mol. The van der Waals surface area contributed by atoms with Crippen molar-refractivity contribution in [2.45, 2.75) is 25.3 Å². The number of rotatable bonds is 7. The SMILES string of the molecule is CCOC(=O)c1ccc(NC(=O)CCSc2cc(C)ncn2)cc1. The number of anilines is 1. The third kappa shape index (κ3) is 5.66. The number of amides is 1. The summed E-state index contributed by atoms with van der Waals surface area (Å²) in [5.74, 6) is 0.174. The smallest absolute Gasteiger partial charge is 0.338 e. The highest BCUT2D eigenvalue weighted by molar-refractivity contribution is 7.99. The number of nitrogens with zero attached hydrogens (tertiary/aromatic N) is 2. The van der Waals surface area contributed by atoms with Crippen molar-refractivity contribution in [3.63, 3.8) is 0 Å². The highest BCUT2D eigenvalue weighted by Crippen LogP contribution is 2.17. The Balaban J connectivity index is 1.78. The Bertz CT molecular complexity index is 704. The topological polar surface area (TPSA) is 81.2 Å². The first kappa shape index (κ1) is 17.9. The van der Waals surface area contributed by atoms with Crippen LogP contribution in [0.25, 0.3) is 0 Å². The molecule has 2 rings (SSSR count). The Labute approximate surface area is 145 Å². The normalized spacial score (nSPS) is 10.2. The Morgan fingerprint density at radius 3 is 2.62 bits per heavy atom. The van der Waals surface area contributed by atoms with Gasteiger partial charge >= 0.3 is 5.97 Å². The molecule has 0 saturated carbocycles. The lowest BCUT2D eigenvalue weighted by Crippen LogP contribution is -2.12. The fourth-order valence-corrected chi connectivity index (χ4v) is 2.76. The van der Waals surface area contributed by atoms with Gasteiger partial charge in [-0.25, -0.2) is 14.8 Å². The molecule has 6 nitrogen and oxygen atoms in total. The number of ether oxygens (including phenoxy) is 1. The van der Waals surface area contributed by atoms with Gasteiger partial charge in [-0.2, -0.15) is 0 Å². The number of hydrogen-bond donors (Lipinski definition) is 1. The minimum atomic E-state index is -0.369. The third-order valence-electron chi connectivity index (χ3n) is 3.04. The molecule has 0 aliphatic rings. The summed E-state index contributed by atoms with van der Waals surface area (Å²) >= 11 is 1.51. The van der Waals surface area contributed by atoms with Crippen molar-refractivity contribution in [3.8, 4) is 0 Å². The molecule has 0 spiro atoms. The molecule has 24 heavy (non-hydrogen) atoms. The zero-order chi connectivity index (χ0) is 17.4. The molecule has 0 unspecified atom stereocenters. The van der Waals surface area contributed by atoms with Crippen molar-refractivity contribution in [1.29, 1.82) is 0 Å². The van der Waals surface area contributed by atoms with Crippen LogP contribution in [0.5, 0.6) is 0 Å². The first-order chi connectivity index (χ1) is 11.6. The number of aromatic nitrogens is 2. The zero-order valence-electron chi connectivity index (χ0n) is 13.6. The van der Waals surface area contributed by atoms with Crippen LogP contribution in [0, 0.1) is 6.92 Å². The zero-order valence-corrected chi connectivity index (χ0v) is 14.4. The van der Waals surface area contributed by atoms with Crippen LogP contribution in [0.3, 0.4) is 0 Å². The minimum absolute atomic E-state index is 0.0860. The molecule has 126 valence electrons. The molecule has 7 heteroatoms. The van der Waals surface area contributed by atoms with E-state index >= 15 is 0 Å². The molecule has 1 aromatic heterocycles. The second-order valence-corrected chi connectivity index (χ2v) is 6.06. The van der Waals surface area contributed by atoms with E-state index in [1.165, 1.54) is 18.1 Å². The first-order valence-corrected chi connectivity index (χ1v) is 8.55. The van der Waals surface area contributed by atoms with Crippen molar-refractivity contribution in [2.24, 2.45) is 0 Å². The van der Waals surface area contributed by atoms with E-state index in [0.29, 0.717) is 30.0 Å². The second kappa shape index (κ2) is 9.02. The molecule has 0 saturated heterocycles. The predicted octanol–water partition coefficient (Wildman–Crippen LogP) is 3.08. The summed E-state index contributed by atoms with van der Waals surface area (Å²) in [6.07, 6.45) is 1.89. The summed E-state index contributed by atoms with van der Waals surface area (Å²) < 4.78 is 4.91. The van der Waals surface area contributed by atoms with E-state index in [2.05, 4.69) is 15.3 Å². The fourth-order valence-electron chi connectivity index (χ4n) is 1.88. The molecule has 1 heterocycles. The maximum absolute atomic E-state index is 11.9. The van der Waals surface area contributed by atoms with E-state index in [9.17, 15) is 9.59 Å². The van der Waals surface area contributed by atoms with Crippen molar-refractivity contribution >= 4 is 29.3 Å². The number of carbonyl (C=O) groups excluding carboxylic acids is 2. The van der Waals surface area contributed by atoms with Gasteiger partial charge in [0.05, 0.1) is 17.2 Å². The van der Waals surface area contributed by atoms with Crippen LogP contribution in [-0.2, 0) is 9.53 Å². The number of hydrogen-bond acceptors (Lipinski definition) is 6. The van der Waals surface area contributed by atoms with Gasteiger partial charge in [0.2, 0.25) is 5.91 Å². The van der Waals surface area contributed by atoms with Crippen LogP contribution in [-0.4, -0.2) is 34.2 Å². The highest BCUT2D eigenvalue weighted by Gasteiger charge is 2.07. The lowest BCUT2D eigenvalue weighted by Gasteiger charge is -2.06. The van der Waals surface area contributed by atoms with E-state index in [-0.39, 0.29) is 11.9 Å². The monoisotopic (exact) mass is 345 g/mol. The average molecular weight is 345 g/mol. The largest absolute Gasteiger partial charge is 0.462 e. The lowest BCUT2D eigenvalue weighted by atomic mass is 10.2. The Kier molecular flexibility index (Phi) is 6.74. The molecule has 0 aliphatic carbocycles. The number of benzene rings is 1. The third-order valence-corrected chi connectivity index (χ3v) is 3.96. The Morgan fingerprint density at radius 2 is 1.96 bits per heavy atom. The molecule has 0 atom stereocenters. The Morgan fingerprint density at radius 1 is 1.21 bits per heavy atom. The molecule has 0 radical (unpaired) electrons. The summed E-state index contributed by atoms with van der Waals surface area (Å²) in [6, 6.07) is 8.52. The van der Waals surface area contributed by atoms with E-state index < -0.39 is 0 Å². The van der Waals surface area contributed by atoms with Crippen LogP contribution in [0.4, 0.5) is 5.69 Å². The number of esters is 1. The standard InChI is InChI=1S/C17H19N3O3S/c1-3-23-17(22)13-4-6-14(7-5-13)20-15(21)8-9-24-16-10-12(2)18-11-19-16/h4-7,10-11H,3,8-9H2,1-2H3,(H,20,21). The number of nitrogens with one attached hydrogen (secondary N) is 1. The van der Waals surface area contributed by atoms with E-state index in [1.54, 1.807) is 31.2 Å². The van der Waals surface area contributed by atoms with Crippen molar-refractivity contribution in [2.75, 3.05) is 17.7 Å². The molecule has 0 bridgehead atoms. The molecule has 2 aromatic rings. The molecule has 1 N–H and O–H groups in total. The quantitative estimate of drug-likeness (QED) is 0.472. The van der Waals surface area contributed by atoms with Gasteiger partial charge in [-0.05, 0) is 44.2 Å². The summed E-state index contributed by atoms with van der Waals surface area (Å²) in [4.78, 5) is 31.7. The van der Waals surface area contributed by atoms with Gasteiger partial charge < -0.3 is 10.1 Å². The van der Waals surface area contributed by atoms with Crippen LogP contribution in [0.15, 0.2) is 41.7 Å². The summed E-state index contributed by atoms with van der Waals surface area (Å²) in [5.41, 5.74) is 2.01. The fraction of sp³-hybridized carbons (Fsp3) is 0.294. The number of carbonyl (C=O) groups is 2. The number of aryl methyl sites for hydroxylation is 1. The molecule has 1 amide bonds. The molecule has 1 aromatic carbocycles. The maximum Gasteiger partial charge on any atom is 0.338 e. The first-order valence-electron chi connectivity index (χ1n) is 7.57. The van der Waals surface area contributed by atoms with Gasteiger partial charge in [0.25, 0.3) is 0 Å². The van der Waals surface area contributed by atoms with Crippen molar-refractivity contribution in [1.82, 2.24) is 9.97 Å². The molecule has 0 aliphatic heterocycles. The number of thioether (sulfide) groups is 1. The summed E-state index contributed by atoms with van der Waals surface area (Å²) in [6.45, 7) is 3.99. The van der Waals surface area contributed by atoms with E-state index in [1.807, 2.05) is 13.0 Å². The maximum atomic E-state index is 11.9. The van der Waals surface area contributed by atoms with Crippen LogP contribution in [0.2, 0.25) is 0 Å². The predicted molar refractivity (Wildman–Crippen MR) is 93.1 cm³/mol. The van der Waals surface area contributed by atoms with Crippen molar-refractivity contribution in [3.05, 3.63) is 47.9 Å². The van der Waals surface area contributed by atoms with Crippen LogP contribution < -0.4 is 5.32 Å². The van der Waals surface area contributed by atoms with E-state index in [4.69, 9.17) is 4.74 Å². The summed E-state index contributed by atoms with van der Waals surface area (Å²) in [5, 5.41) is 3.66. The molecular formula is C17H19N3O3S. The van der Waals surface area contributed by atoms with Gasteiger partial charge in [0.15, 0.2) is 0 Å². The van der Waals surface area contributed by atoms with Crippen LogP contribution in [0.1, 0.15) is 29.4 Å². The summed E-state index contributed by atoms with van der Waals surface area (Å²) in [7, 11) is 0. The van der Waals surface area contributed by atoms with Gasteiger partial charge in [-0.3, -0.25) is 4.79 Å².